The molecule has 1 aliphatic rings. The van der Waals surface area contributed by atoms with E-state index in [0.29, 0.717) is 32.5 Å². The van der Waals surface area contributed by atoms with Gasteiger partial charge in [0, 0.05) is 18.7 Å². The molecule has 0 spiro atoms. The average Bonchev–Trinajstić information content (AvgIpc) is 2.97. The third-order valence-electron chi connectivity index (χ3n) is 4.24. The van der Waals surface area contributed by atoms with E-state index < -0.39 is 10.9 Å². The van der Waals surface area contributed by atoms with Gasteiger partial charge in [-0.2, -0.15) is 0 Å². The molecule has 1 amide bonds. The summed E-state index contributed by atoms with van der Waals surface area (Å²) in [5.74, 6) is -0.688. The lowest BCUT2D eigenvalue weighted by Crippen LogP contribution is -2.23. The number of benzene rings is 2. The predicted octanol–water partition coefficient (Wildman–Crippen LogP) is 3.92. The summed E-state index contributed by atoms with van der Waals surface area (Å²) in [6.45, 7) is 1.66. The molecule has 3 rings (SSSR count). The highest BCUT2D eigenvalue weighted by atomic mass is 32.2. The van der Waals surface area contributed by atoms with Crippen molar-refractivity contribution in [2.45, 2.75) is 6.92 Å². The number of amidine groups is 1. The van der Waals surface area contributed by atoms with Crippen LogP contribution < -0.4 is 0 Å². The quantitative estimate of drug-likeness (QED) is 0.327. The summed E-state index contributed by atoms with van der Waals surface area (Å²) >= 11 is 1.18. The van der Waals surface area contributed by atoms with Crippen LogP contribution >= 0.6 is 11.8 Å². The minimum absolute atomic E-state index is 0.00253. The first kappa shape index (κ1) is 20.3. The smallest absolute Gasteiger partial charge is 0.337 e. The van der Waals surface area contributed by atoms with Crippen LogP contribution in [0.1, 0.15) is 21.5 Å². The first-order valence-corrected chi connectivity index (χ1v) is 9.31. The molecule has 1 heterocycles. The van der Waals surface area contributed by atoms with Crippen molar-refractivity contribution in [1.82, 2.24) is 4.90 Å². The summed E-state index contributed by atoms with van der Waals surface area (Å²) in [4.78, 5) is 41.0. The lowest BCUT2D eigenvalue weighted by Gasteiger charge is -2.07. The van der Waals surface area contributed by atoms with Gasteiger partial charge in [-0.3, -0.25) is 19.8 Å². The number of likely N-dealkylation sites (N-methyl/N-ethyl adjacent to an activating group) is 1. The van der Waals surface area contributed by atoms with Gasteiger partial charge in [-0.25, -0.2) is 9.79 Å². The number of nitro benzene ring substituents is 1. The molecule has 148 valence electrons. The second-order valence-corrected chi connectivity index (χ2v) is 7.22. The highest BCUT2D eigenvalue weighted by Crippen LogP contribution is 2.33. The van der Waals surface area contributed by atoms with Crippen molar-refractivity contribution in [3.05, 3.63) is 74.2 Å². The van der Waals surface area contributed by atoms with Gasteiger partial charge < -0.3 is 4.74 Å². The number of hydrogen-bond acceptors (Lipinski definition) is 7. The molecule has 2 aromatic rings. The molecular formula is C20H17N3O5S. The van der Waals surface area contributed by atoms with Crippen molar-refractivity contribution in [3.8, 4) is 0 Å². The Hall–Kier alpha value is -3.46. The van der Waals surface area contributed by atoms with Gasteiger partial charge in [0.05, 0.1) is 28.2 Å². The summed E-state index contributed by atoms with van der Waals surface area (Å²) in [7, 11) is 2.91. The Balaban J connectivity index is 1.87. The summed E-state index contributed by atoms with van der Waals surface area (Å²) < 4.78 is 4.66. The molecule has 0 bridgehead atoms. The fourth-order valence-corrected chi connectivity index (χ4v) is 3.60. The maximum Gasteiger partial charge on any atom is 0.337 e. The number of amides is 1. The Labute approximate surface area is 171 Å². The van der Waals surface area contributed by atoms with Crippen LogP contribution in [0.4, 0.5) is 11.4 Å². The topological polar surface area (TPSA) is 102 Å². The number of thioether (sulfide) groups is 1. The van der Waals surface area contributed by atoms with Crippen LogP contribution in [-0.2, 0) is 9.53 Å². The molecular weight excluding hydrogens is 394 g/mol. The standard InChI is InChI=1S/C20H17N3O5S/c1-12-4-5-13(10-16(12)23(26)27)11-17-18(24)22(2)20(29-17)21-15-8-6-14(7-9-15)19(25)28-3/h4-11H,1-3H3. The highest BCUT2D eigenvalue weighted by molar-refractivity contribution is 8.18. The van der Waals surface area contributed by atoms with E-state index in [0.717, 1.165) is 0 Å². The van der Waals surface area contributed by atoms with Gasteiger partial charge in [0.25, 0.3) is 11.6 Å². The average molecular weight is 411 g/mol. The molecule has 9 heteroatoms. The number of nitrogens with zero attached hydrogens (tertiary/aromatic N) is 3. The molecule has 8 nitrogen and oxygen atoms in total. The van der Waals surface area contributed by atoms with Crippen LogP contribution in [0.3, 0.4) is 0 Å². The summed E-state index contributed by atoms with van der Waals surface area (Å²) in [6.07, 6.45) is 1.61. The largest absolute Gasteiger partial charge is 0.465 e. The van der Waals surface area contributed by atoms with E-state index >= 15 is 0 Å². The van der Waals surface area contributed by atoms with Gasteiger partial charge in [0.2, 0.25) is 0 Å². The number of nitro groups is 1. The first-order chi connectivity index (χ1) is 13.8. The number of carbonyl (C=O) groups excluding carboxylic acids is 2. The van der Waals surface area contributed by atoms with E-state index in [9.17, 15) is 19.7 Å². The number of aryl methyl sites for hydroxylation is 1. The molecule has 2 aromatic carbocycles. The molecule has 0 unspecified atom stereocenters. The molecule has 29 heavy (non-hydrogen) atoms. The van der Waals surface area contributed by atoms with Crippen LogP contribution in [-0.4, -0.2) is 41.0 Å². The van der Waals surface area contributed by atoms with Gasteiger partial charge in [0.15, 0.2) is 5.17 Å². The summed E-state index contributed by atoms with van der Waals surface area (Å²) in [6, 6.07) is 11.3. The third-order valence-corrected chi connectivity index (χ3v) is 5.30. The fourth-order valence-electron chi connectivity index (χ4n) is 2.62. The fraction of sp³-hybridized carbons (Fsp3) is 0.150. The number of hydrogen-bond donors (Lipinski definition) is 0. The molecule has 1 aliphatic heterocycles. The Bertz CT molecular complexity index is 1060. The SMILES string of the molecule is COC(=O)c1ccc(N=C2SC(=Cc3ccc(C)c([N+](=O)[O-])c3)C(=O)N2C)cc1. The van der Waals surface area contributed by atoms with Crippen molar-refractivity contribution in [2.75, 3.05) is 14.2 Å². The van der Waals surface area contributed by atoms with E-state index in [2.05, 4.69) is 9.73 Å². The van der Waals surface area contributed by atoms with Gasteiger partial charge in [-0.05, 0) is 54.6 Å². The van der Waals surface area contributed by atoms with Crippen LogP contribution in [0, 0.1) is 17.0 Å². The normalized spacial score (nSPS) is 16.5. The maximum atomic E-state index is 12.5. The number of methoxy groups -OCH3 is 1. The van der Waals surface area contributed by atoms with Crippen molar-refractivity contribution in [1.29, 1.82) is 0 Å². The zero-order valence-electron chi connectivity index (χ0n) is 15.9. The maximum absolute atomic E-state index is 12.5. The van der Waals surface area contributed by atoms with Crippen molar-refractivity contribution in [3.63, 3.8) is 0 Å². The molecule has 0 aromatic heterocycles. The molecule has 0 saturated carbocycles. The minimum atomic E-state index is -0.446. The monoisotopic (exact) mass is 411 g/mol. The Kier molecular flexibility index (Phi) is 5.79. The highest BCUT2D eigenvalue weighted by Gasteiger charge is 2.30. The number of carbonyl (C=O) groups is 2. The van der Waals surface area contributed by atoms with E-state index in [1.165, 1.54) is 29.8 Å². The minimum Gasteiger partial charge on any atom is -0.465 e. The van der Waals surface area contributed by atoms with Crippen LogP contribution in [0.15, 0.2) is 52.4 Å². The Morgan fingerprint density at radius 3 is 2.55 bits per heavy atom. The van der Waals surface area contributed by atoms with E-state index in [-0.39, 0.29) is 11.6 Å². The zero-order valence-corrected chi connectivity index (χ0v) is 16.7. The lowest BCUT2D eigenvalue weighted by atomic mass is 10.1. The number of aliphatic imine (C=N–C) groups is 1. The first-order valence-electron chi connectivity index (χ1n) is 8.50. The molecule has 0 radical (unpaired) electrons. The van der Waals surface area contributed by atoms with Crippen molar-refractivity contribution in [2.24, 2.45) is 4.99 Å². The number of rotatable bonds is 4. The van der Waals surface area contributed by atoms with E-state index in [4.69, 9.17) is 0 Å². The molecule has 0 N–H and O–H groups in total. The van der Waals surface area contributed by atoms with Crippen molar-refractivity contribution >= 4 is 46.3 Å². The number of ether oxygens (including phenoxy) is 1. The van der Waals surface area contributed by atoms with Gasteiger partial charge in [-0.15, -0.1) is 0 Å². The molecule has 1 fully saturated rings. The third kappa shape index (κ3) is 4.35. The second kappa shape index (κ2) is 8.27. The Morgan fingerprint density at radius 1 is 1.24 bits per heavy atom. The van der Waals surface area contributed by atoms with Crippen LogP contribution in [0.5, 0.6) is 0 Å². The van der Waals surface area contributed by atoms with E-state index in [1.54, 1.807) is 56.4 Å². The van der Waals surface area contributed by atoms with Crippen LogP contribution in [0.25, 0.3) is 6.08 Å². The predicted molar refractivity (Wildman–Crippen MR) is 111 cm³/mol. The van der Waals surface area contributed by atoms with E-state index in [1.807, 2.05) is 0 Å². The summed E-state index contributed by atoms with van der Waals surface area (Å²) in [5, 5.41) is 11.6. The Morgan fingerprint density at radius 2 is 1.93 bits per heavy atom. The second-order valence-electron chi connectivity index (χ2n) is 6.21. The molecule has 1 saturated heterocycles. The zero-order chi connectivity index (χ0) is 21.1. The lowest BCUT2D eigenvalue weighted by molar-refractivity contribution is -0.385. The van der Waals surface area contributed by atoms with Crippen molar-refractivity contribution < 1.29 is 19.2 Å². The van der Waals surface area contributed by atoms with Crippen LogP contribution in [0.2, 0.25) is 0 Å². The molecule has 0 atom stereocenters. The van der Waals surface area contributed by atoms with Gasteiger partial charge >= 0.3 is 5.97 Å². The summed E-state index contributed by atoms with van der Waals surface area (Å²) in [5.41, 5.74) is 2.10. The van der Waals surface area contributed by atoms with Gasteiger partial charge in [0.1, 0.15) is 0 Å². The molecule has 0 aliphatic carbocycles. The van der Waals surface area contributed by atoms with Gasteiger partial charge in [-0.1, -0.05) is 12.1 Å². The number of esters is 1.